The summed E-state index contributed by atoms with van der Waals surface area (Å²) in [4.78, 5) is 12.0. The van der Waals surface area contributed by atoms with Crippen molar-refractivity contribution in [3.05, 3.63) is 64.7 Å². The number of fused-ring (bicyclic) bond motifs is 1. The molecular weight excluding hydrogens is 349 g/mol. The number of aromatic nitrogens is 2. The lowest BCUT2D eigenvalue weighted by Gasteiger charge is -2.35. The van der Waals surface area contributed by atoms with Crippen LogP contribution in [0, 0.1) is 12.7 Å². The molecule has 1 fully saturated rings. The number of hydrogen-bond donors (Lipinski definition) is 2. The van der Waals surface area contributed by atoms with E-state index in [1.807, 2.05) is 0 Å². The van der Waals surface area contributed by atoms with E-state index in [-0.39, 0.29) is 24.4 Å². The molecule has 1 saturated carbocycles. The van der Waals surface area contributed by atoms with E-state index in [2.05, 4.69) is 5.10 Å². The van der Waals surface area contributed by atoms with Gasteiger partial charge in [0.1, 0.15) is 17.7 Å². The molecule has 0 aliphatic heterocycles. The molecule has 0 bridgehead atoms. The molecule has 7 heteroatoms. The van der Waals surface area contributed by atoms with Gasteiger partial charge in [-0.05, 0) is 44.0 Å². The van der Waals surface area contributed by atoms with Crippen molar-refractivity contribution in [2.45, 2.75) is 38.4 Å². The fourth-order valence-electron chi connectivity index (χ4n) is 3.58. The van der Waals surface area contributed by atoms with Crippen LogP contribution in [0.1, 0.15) is 46.1 Å². The molecule has 1 aromatic carbocycles. The Morgan fingerprint density at radius 3 is 2.78 bits per heavy atom. The highest BCUT2D eigenvalue weighted by atomic mass is 19.1. The first kappa shape index (κ1) is 17.5. The largest absolute Gasteiger partial charge is 0.490 e. The molecule has 0 saturated heterocycles. The third-order valence-corrected chi connectivity index (χ3v) is 5.16. The van der Waals surface area contributed by atoms with E-state index in [1.54, 1.807) is 41.8 Å². The number of halogens is 1. The van der Waals surface area contributed by atoms with Gasteiger partial charge in [0, 0.05) is 11.5 Å². The van der Waals surface area contributed by atoms with Crippen LogP contribution in [0.3, 0.4) is 0 Å². The number of carbonyl (C=O) groups is 1. The minimum Gasteiger partial charge on any atom is -0.490 e. The number of aliphatic hydroxyl groups is 1. The van der Waals surface area contributed by atoms with Gasteiger partial charge in [-0.3, -0.25) is 4.79 Å². The first-order chi connectivity index (χ1) is 13.0. The molecule has 0 unspecified atom stereocenters. The molecule has 1 amide bonds. The van der Waals surface area contributed by atoms with Crippen molar-refractivity contribution in [3.63, 3.8) is 0 Å². The van der Waals surface area contributed by atoms with Crippen LogP contribution in [0.25, 0.3) is 5.52 Å². The van der Waals surface area contributed by atoms with Crippen molar-refractivity contribution in [3.8, 4) is 5.75 Å². The van der Waals surface area contributed by atoms with Crippen molar-refractivity contribution in [1.29, 1.82) is 0 Å². The van der Waals surface area contributed by atoms with Crippen LogP contribution in [-0.2, 0) is 6.61 Å². The molecule has 27 heavy (non-hydrogen) atoms. The van der Waals surface area contributed by atoms with Gasteiger partial charge in [-0.2, -0.15) is 5.10 Å². The maximum Gasteiger partial charge on any atom is 0.252 e. The van der Waals surface area contributed by atoms with Crippen LogP contribution >= 0.6 is 0 Å². The van der Waals surface area contributed by atoms with Gasteiger partial charge in [0.2, 0.25) is 0 Å². The zero-order chi connectivity index (χ0) is 19.1. The number of carbonyl (C=O) groups excluding carboxylic acids is 1. The third-order valence-electron chi connectivity index (χ3n) is 5.16. The van der Waals surface area contributed by atoms with Gasteiger partial charge >= 0.3 is 0 Å². The number of aliphatic hydroxyl groups excluding tert-OH is 1. The number of nitrogens with zero attached hydrogens (tertiary/aromatic N) is 2. The van der Waals surface area contributed by atoms with Gasteiger partial charge in [-0.25, -0.2) is 8.91 Å². The minimum absolute atomic E-state index is 0.0257. The van der Waals surface area contributed by atoms with Crippen LogP contribution in [0.15, 0.2) is 36.4 Å². The molecule has 3 aromatic rings. The molecular formula is C20H20FN3O3. The van der Waals surface area contributed by atoms with Crippen molar-refractivity contribution < 1.29 is 19.0 Å². The summed E-state index contributed by atoms with van der Waals surface area (Å²) >= 11 is 0. The van der Waals surface area contributed by atoms with Gasteiger partial charge in [0.25, 0.3) is 5.91 Å². The zero-order valence-electron chi connectivity index (χ0n) is 14.9. The van der Waals surface area contributed by atoms with Crippen LogP contribution in [0.5, 0.6) is 5.75 Å². The smallest absolute Gasteiger partial charge is 0.252 e. The lowest BCUT2D eigenvalue weighted by atomic mass is 9.78. The summed E-state index contributed by atoms with van der Waals surface area (Å²) in [6.45, 7) is 1.50. The van der Waals surface area contributed by atoms with E-state index in [0.29, 0.717) is 46.6 Å². The molecule has 2 aromatic heterocycles. The summed E-state index contributed by atoms with van der Waals surface area (Å²) in [5, 5.41) is 14.1. The van der Waals surface area contributed by atoms with E-state index in [9.17, 15) is 14.3 Å². The minimum atomic E-state index is -0.541. The summed E-state index contributed by atoms with van der Waals surface area (Å²) in [6, 6.07) is 10.0. The molecule has 2 heterocycles. The lowest BCUT2D eigenvalue weighted by molar-refractivity contribution is 0.0926. The summed E-state index contributed by atoms with van der Waals surface area (Å²) < 4.78 is 21.1. The Bertz CT molecular complexity index is 1020. The van der Waals surface area contributed by atoms with Crippen molar-refractivity contribution in [1.82, 2.24) is 9.61 Å². The number of amides is 1. The topological polar surface area (TPSA) is 89.8 Å². The Morgan fingerprint density at radius 2 is 2.07 bits per heavy atom. The summed E-state index contributed by atoms with van der Waals surface area (Å²) in [5.74, 6) is -0.277. The SMILES string of the molecule is Cc1c(F)cccc1OC1CC(c2nn3c(CO)cccc3c2C(N)=O)C1. The van der Waals surface area contributed by atoms with Crippen LogP contribution in [-0.4, -0.2) is 26.7 Å². The van der Waals surface area contributed by atoms with Gasteiger partial charge in [-0.15, -0.1) is 0 Å². The van der Waals surface area contributed by atoms with E-state index >= 15 is 0 Å². The summed E-state index contributed by atoms with van der Waals surface area (Å²) in [5.41, 5.74) is 8.27. The van der Waals surface area contributed by atoms with Gasteiger partial charge in [-0.1, -0.05) is 12.1 Å². The molecule has 0 radical (unpaired) electrons. The van der Waals surface area contributed by atoms with Crippen LogP contribution in [0.4, 0.5) is 4.39 Å². The van der Waals surface area contributed by atoms with Crippen LogP contribution in [0.2, 0.25) is 0 Å². The number of benzene rings is 1. The van der Waals surface area contributed by atoms with E-state index < -0.39 is 5.91 Å². The normalized spacial score (nSPS) is 19.1. The number of pyridine rings is 1. The predicted molar refractivity (Wildman–Crippen MR) is 97.2 cm³/mol. The number of rotatable bonds is 5. The van der Waals surface area contributed by atoms with Crippen molar-refractivity contribution in [2.24, 2.45) is 5.73 Å². The Hall–Kier alpha value is -2.93. The molecule has 0 spiro atoms. The first-order valence-electron chi connectivity index (χ1n) is 8.82. The molecule has 140 valence electrons. The van der Waals surface area contributed by atoms with E-state index in [4.69, 9.17) is 10.5 Å². The number of ether oxygens (including phenoxy) is 1. The van der Waals surface area contributed by atoms with Gasteiger partial charge < -0.3 is 15.6 Å². The Balaban J connectivity index is 1.59. The average molecular weight is 369 g/mol. The Morgan fingerprint density at radius 1 is 1.33 bits per heavy atom. The second kappa shape index (κ2) is 6.66. The highest BCUT2D eigenvalue weighted by Crippen LogP contribution is 2.41. The number of nitrogens with two attached hydrogens (primary N) is 1. The quantitative estimate of drug-likeness (QED) is 0.724. The number of primary amides is 1. The Labute approximate surface area is 155 Å². The zero-order valence-corrected chi connectivity index (χ0v) is 14.9. The van der Waals surface area contributed by atoms with E-state index in [0.717, 1.165) is 0 Å². The average Bonchev–Trinajstić information content (AvgIpc) is 3.00. The highest BCUT2D eigenvalue weighted by molar-refractivity contribution is 6.01. The van der Waals surface area contributed by atoms with E-state index in [1.165, 1.54) is 6.07 Å². The fourth-order valence-corrected chi connectivity index (χ4v) is 3.58. The standard InChI is InChI=1S/C20H20FN3O3/c1-11-15(21)5-3-7-17(11)27-14-8-12(9-14)19-18(20(22)26)16-6-2-4-13(10-25)24(16)23-19/h2-7,12,14,25H,8-10H2,1H3,(H2,22,26). The second-order valence-electron chi connectivity index (χ2n) is 6.87. The molecule has 1 aliphatic rings. The lowest BCUT2D eigenvalue weighted by Crippen LogP contribution is -2.33. The molecule has 0 atom stereocenters. The van der Waals surface area contributed by atoms with Crippen molar-refractivity contribution >= 4 is 11.4 Å². The maximum absolute atomic E-state index is 13.7. The molecule has 4 rings (SSSR count). The summed E-state index contributed by atoms with van der Waals surface area (Å²) in [7, 11) is 0. The summed E-state index contributed by atoms with van der Waals surface area (Å²) in [6.07, 6.45) is 1.25. The predicted octanol–water partition coefficient (Wildman–Crippen LogP) is 2.70. The van der Waals surface area contributed by atoms with Crippen molar-refractivity contribution in [2.75, 3.05) is 0 Å². The maximum atomic E-state index is 13.7. The first-order valence-corrected chi connectivity index (χ1v) is 8.82. The fraction of sp³-hybridized carbons (Fsp3) is 0.300. The highest BCUT2D eigenvalue weighted by Gasteiger charge is 2.37. The van der Waals surface area contributed by atoms with Crippen LogP contribution < -0.4 is 10.5 Å². The third kappa shape index (κ3) is 2.94. The Kier molecular flexibility index (Phi) is 4.31. The number of hydrogen-bond acceptors (Lipinski definition) is 4. The molecule has 3 N–H and O–H groups in total. The molecule has 1 aliphatic carbocycles. The molecule has 6 nitrogen and oxygen atoms in total. The second-order valence-corrected chi connectivity index (χ2v) is 6.87. The van der Waals surface area contributed by atoms with Gasteiger partial charge in [0.15, 0.2) is 0 Å². The van der Waals surface area contributed by atoms with Gasteiger partial charge in [0.05, 0.1) is 29.1 Å². The monoisotopic (exact) mass is 369 g/mol.